The molecule has 1 atom stereocenters. The molecule has 0 unspecified atom stereocenters. The summed E-state index contributed by atoms with van der Waals surface area (Å²) in [6.07, 6.45) is 45.1. The molecule has 0 aliphatic heterocycles. The molecular formula is C41H71O8P. The molecule has 0 aromatic carbocycles. The second kappa shape index (κ2) is 36.5. The highest BCUT2D eigenvalue weighted by Crippen LogP contribution is 2.36. The predicted molar refractivity (Wildman–Crippen MR) is 207 cm³/mol. The second-order valence-corrected chi connectivity index (χ2v) is 14.1. The molecule has 0 aliphatic rings. The number of hydrogen-bond acceptors (Lipinski definition) is 6. The van der Waals surface area contributed by atoms with Crippen LogP contribution < -0.4 is 0 Å². The Bertz CT molecular complexity index is 995. The number of unbranched alkanes of at least 4 members (excludes halogenated alkanes) is 15. The molecule has 0 saturated heterocycles. The van der Waals surface area contributed by atoms with E-state index in [4.69, 9.17) is 19.3 Å². The van der Waals surface area contributed by atoms with Crippen molar-refractivity contribution < 1.29 is 37.9 Å². The van der Waals surface area contributed by atoms with Crippen LogP contribution in [0.1, 0.15) is 168 Å². The number of phosphoric acid groups is 1. The van der Waals surface area contributed by atoms with Crippen LogP contribution in [0.15, 0.2) is 60.8 Å². The van der Waals surface area contributed by atoms with Gasteiger partial charge < -0.3 is 19.3 Å². The van der Waals surface area contributed by atoms with Gasteiger partial charge >= 0.3 is 19.8 Å². The Labute approximate surface area is 305 Å². The van der Waals surface area contributed by atoms with Gasteiger partial charge in [-0.25, -0.2) is 4.57 Å². The fourth-order valence-electron chi connectivity index (χ4n) is 5.16. The Morgan fingerprint density at radius 2 is 0.960 bits per heavy atom. The molecule has 0 rings (SSSR count). The molecule has 288 valence electrons. The van der Waals surface area contributed by atoms with Crippen LogP contribution >= 0.6 is 7.82 Å². The number of phosphoric ester groups is 1. The number of carbonyl (C=O) groups is 2. The number of hydrogen-bond donors (Lipinski definition) is 2. The van der Waals surface area contributed by atoms with E-state index in [9.17, 15) is 14.2 Å². The van der Waals surface area contributed by atoms with Crippen LogP contribution in [-0.4, -0.2) is 41.0 Å². The summed E-state index contributed by atoms with van der Waals surface area (Å²) in [5.41, 5.74) is 0. The third kappa shape index (κ3) is 38.6. The van der Waals surface area contributed by atoms with Crippen LogP contribution in [0.25, 0.3) is 0 Å². The van der Waals surface area contributed by atoms with E-state index in [1.807, 2.05) is 0 Å². The molecule has 0 spiro atoms. The molecule has 0 aromatic rings. The average molecular weight is 723 g/mol. The van der Waals surface area contributed by atoms with Crippen LogP contribution in [0.4, 0.5) is 0 Å². The summed E-state index contributed by atoms with van der Waals surface area (Å²) in [5, 5.41) is 0. The minimum absolute atomic E-state index is 0.204. The van der Waals surface area contributed by atoms with E-state index in [1.165, 1.54) is 57.8 Å². The third-order valence-electron chi connectivity index (χ3n) is 8.05. The standard InChI is InChI=1S/C41H71O8P/c1-3-5-7-9-11-13-15-17-18-19-20-21-22-24-25-27-29-31-33-35-40(42)47-37-39(38-48-50(44,45)46)49-41(43)36-34-32-30-28-26-23-16-14-12-10-8-6-4-2/h5,7,11,13,17-18,20-21,24-25,39H,3-4,6,8-10,12,14-16,19,22-23,26-38H2,1-2H3,(H2,44,45,46)/b7-5+,13-11+,18-17+,21-20+,25-24+/t39-/m1/s1. The first-order valence-electron chi connectivity index (χ1n) is 19.6. The summed E-state index contributed by atoms with van der Waals surface area (Å²) in [5.74, 6) is -0.924. The van der Waals surface area contributed by atoms with Crippen molar-refractivity contribution >= 4 is 19.8 Å². The van der Waals surface area contributed by atoms with E-state index in [1.54, 1.807) is 0 Å². The van der Waals surface area contributed by atoms with Crippen molar-refractivity contribution in [3.8, 4) is 0 Å². The fraction of sp³-hybridized carbons (Fsp3) is 0.707. The van der Waals surface area contributed by atoms with E-state index in [2.05, 4.69) is 79.1 Å². The fourth-order valence-corrected chi connectivity index (χ4v) is 5.52. The van der Waals surface area contributed by atoms with Gasteiger partial charge in [0, 0.05) is 12.8 Å². The van der Waals surface area contributed by atoms with E-state index in [-0.39, 0.29) is 19.4 Å². The molecule has 50 heavy (non-hydrogen) atoms. The first-order valence-corrected chi connectivity index (χ1v) is 21.1. The predicted octanol–water partition coefficient (Wildman–Crippen LogP) is 11.7. The van der Waals surface area contributed by atoms with E-state index < -0.39 is 32.5 Å². The number of rotatable bonds is 35. The van der Waals surface area contributed by atoms with Crippen LogP contribution in [-0.2, 0) is 28.2 Å². The largest absolute Gasteiger partial charge is 0.469 e. The van der Waals surface area contributed by atoms with Gasteiger partial charge in [-0.15, -0.1) is 0 Å². The molecule has 0 aliphatic carbocycles. The zero-order valence-corrected chi connectivity index (χ0v) is 32.4. The van der Waals surface area contributed by atoms with Gasteiger partial charge in [-0.3, -0.25) is 14.1 Å². The molecule has 0 bridgehead atoms. The van der Waals surface area contributed by atoms with Crippen molar-refractivity contribution in [2.24, 2.45) is 0 Å². The SMILES string of the molecule is CC/C=C/C/C=C/C/C=C/C/C=C/C/C=C/CCCCCC(=O)OC[C@H](COP(=O)(O)O)OC(=O)CCCCCCCCCCCCCCC. The Hall–Kier alpha value is -2.25. The Kier molecular flexibility index (Phi) is 34.9. The molecule has 2 N–H and O–H groups in total. The van der Waals surface area contributed by atoms with Crippen LogP contribution in [0, 0.1) is 0 Å². The maximum absolute atomic E-state index is 12.4. The van der Waals surface area contributed by atoms with Crippen molar-refractivity contribution in [1.82, 2.24) is 0 Å². The number of allylic oxidation sites excluding steroid dienone is 10. The Morgan fingerprint density at radius 1 is 0.540 bits per heavy atom. The number of carbonyl (C=O) groups excluding carboxylic acids is 2. The van der Waals surface area contributed by atoms with Gasteiger partial charge in [-0.05, 0) is 57.8 Å². The molecule has 0 saturated carbocycles. The van der Waals surface area contributed by atoms with E-state index in [0.717, 1.165) is 70.6 Å². The Morgan fingerprint density at radius 3 is 1.44 bits per heavy atom. The minimum atomic E-state index is -4.76. The first-order chi connectivity index (χ1) is 24.3. The third-order valence-corrected chi connectivity index (χ3v) is 8.54. The molecular weight excluding hydrogens is 651 g/mol. The summed E-state index contributed by atoms with van der Waals surface area (Å²) in [4.78, 5) is 42.7. The van der Waals surface area contributed by atoms with Crippen molar-refractivity contribution in [2.75, 3.05) is 13.2 Å². The maximum atomic E-state index is 12.4. The summed E-state index contributed by atoms with van der Waals surface area (Å²) in [6, 6.07) is 0. The summed E-state index contributed by atoms with van der Waals surface area (Å²) in [6.45, 7) is 3.53. The highest BCUT2D eigenvalue weighted by Gasteiger charge is 2.22. The van der Waals surface area contributed by atoms with Crippen molar-refractivity contribution in [2.45, 2.75) is 174 Å². The van der Waals surface area contributed by atoms with Gasteiger partial charge in [0.05, 0.1) is 6.61 Å². The molecule has 8 nitrogen and oxygen atoms in total. The quantitative estimate of drug-likeness (QED) is 0.0287. The summed E-state index contributed by atoms with van der Waals surface area (Å²) in [7, 11) is -4.76. The minimum Gasteiger partial charge on any atom is -0.462 e. The van der Waals surface area contributed by atoms with E-state index >= 15 is 0 Å². The highest BCUT2D eigenvalue weighted by atomic mass is 31.2. The molecule has 0 fully saturated rings. The maximum Gasteiger partial charge on any atom is 0.469 e. The van der Waals surface area contributed by atoms with E-state index in [0.29, 0.717) is 12.8 Å². The number of esters is 2. The van der Waals surface area contributed by atoms with Gasteiger partial charge in [0.1, 0.15) is 6.61 Å². The highest BCUT2D eigenvalue weighted by molar-refractivity contribution is 7.46. The zero-order chi connectivity index (χ0) is 36.8. The molecule has 9 heteroatoms. The molecule has 0 heterocycles. The normalized spacial score (nSPS) is 13.1. The molecule has 0 amide bonds. The van der Waals surface area contributed by atoms with Gasteiger partial charge in [-0.2, -0.15) is 0 Å². The monoisotopic (exact) mass is 722 g/mol. The average Bonchev–Trinajstić information content (AvgIpc) is 3.08. The lowest BCUT2D eigenvalue weighted by atomic mass is 10.0. The topological polar surface area (TPSA) is 119 Å². The van der Waals surface area contributed by atoms with Gasteiger partial charge in [0.2, 0.25) is 0 Å². The van der Waals surface area contributed by atoms with Crippen molar-refractivity contribution in [3.63, 3.8) is 0 Å². The van der Waals surface area contributed by atoms with Gasteiger partial charge in [0.15, 0.2) is 6.10 Å². The number of ether oxygens (including phenoxy) is 2. The van der Waals surface area contributed by atoms with Crippen molar-refractivity contribution in [3.05, 3.63) is 60.8 Å². The summed E-state index contributed by atoms with van der Waals surface area (Å²) >= 11 is 0. The molecule has 0 aromatic heterocycles. The summed E-state index contributed by atoms with van der Waals surface area (Å²) < 4.78 is 26.3. The van der Waals surface area contributed by atoms with Gasteiger partial charge in [-0.1, -0.05) is 158 Å². The lowest BCUT2D eigenvalue weighted by Gasteiger charge is -2.18. The lowest BCUT2D eigenvalue weighted by molar-refractivity contribution is -0.161. The Balaban J connectivity index is 4.02. The zero-order valence-electron chi connectivity index (χ0n) is 31.5. The van der Waals surface area contributed by atoms with Crippen LogP contribution in [0.2, 0.25) is 0 Å². The first kappa shape index (κ1) is 47.8. The smallest absolute Gasteiger partial charge is 0.462 e. The van der Waals surface area contributed by atoms with Gasteiger partial charge in [0.25, 0.3) is 0 Å². The lowest BCUT2D eigenvalue weighted by Crippen LogP contribution is -2.29. The second-order valence-electron chi connectivity index (χ2n) is 12.9. The van der Waals surface area contributed by atoms with Crippen LogP contribution in [0.3, 0.4) is 0 Å². The molecule has 0 radical (unpaired) electrons. The van der Waals surface area contributed by atoms with Crippen LogP contribution in [0.5, 0.6) is 0 Å². The van der Waals surface area contributed by atoms with Crippen molar-refractivity contribution in [1.29, 1.82) is 0 Å².